The summed E-state index contributed by atoms with van der Waals surface area (Å²) in [6, 6.07) is 89.0. The molecule has 0 amide bonds. The lowest BCUT2D eigenvalue weighted by Gasteiger charge is -2.24. The fourth-order valence-corrected chi connectivity index (χ4v) is 21.5. The van der Waals surface area contributed by atoms with Crippen LogP contribution in [0.1, 0.15) is 0 Å². The van der Waals surface area contributed by atoms with Gasteiger partial charge in [-0.25, -0.2) is 0 Å². The average molecular weight is 1120 g/mol. The monoisotopic (exact) mass is 1120 g/mol. The van der Waals surface area contributed by atoms with E-state index in [1.54, 1.807) is 0 Å². The highest BCUT2D eigenvalue weighted by molar-refractivity contribution is 6.54. The van der Waals surface area contributed by atoms with Crippen molar-refractivity contribution in [2.24, 2.45) is 0 Å². The van der Waals surface area contributed by atoms with Gasteiger partial charge in [0.25, 0.3) is 0 Å². The van der Waals surface area contributed by atoms with E-state index in [0.717, 1.165) is 0 Å². The quantitative estimate of drug-likeness (QED) is 0.105. The Labute approximate surface area is 506 Å². The van der Waals surface area contributed by atoms with Crippen LogP contribution in [0.2, 0.25) is 0 Å². The van der Waals surface area contributed by atoms with Crippen molar-refractivity contribution in [3.05, 3.63) is 218 Å². The molecule has 27 rings (SSSR count). The van der Waals surface area contributed by atoms with Gasteiger partial charge in [0.05, 0.1) is 0 Å². The molecule has 0 aliphatic carbocycles. The van der Waals surface area contributed by atoms with Crippen molar-refractivity contribution in [3.8, 4) is 0 Å². The van der Waals surface area contributed by atoms with Crippen molar-refractivity contribution in [2.75, 3.05) is 0 Å². The third-order valence-corrected chi connectivity index (χ3v) is 24.7. The van der Waals surface area contributed by atoms with Crippen molar-refractivity contribution >= 4 is 291 Å². The predicted molar refractivity (Wildman–Crippen MR) is 393 cm³/mol. The molecule has 0 aliphatic heterocycles. The molecule has 396 valence electrons. The van der Waals surface area contributed by atoms with E-state index < -0.39 is 0 Å². The Morgan fingerprint density at radius 3 is 0.122 bits per heavy atom. The van der Waals surface area contributed by atoms with E-state index in [-0.39, 0.29) is 0 Å². The normalized spacial score (nSPS) is 14.0. The second kappa shape index (κ2) is 13.0. The van der Waals surface area contributed by atoms with Gasteiger partial charge in [-0.15, -0.1) is 0 Å². The summed E-state index contributed by atoms with van der Waals surface area (Å²) in [5.41, 5.74) is 0. The molecule has 0 aliphatic rings. The first kappa shape index (κ1) is 42.2. The summed E-state index contributed by atoms with van der Waals surface area (Å²) < 4.78 is 0. The van der Waals surface area contributed by atoms with Crippen molar-refractivity contribution < 1.29 is 0 Å². The molecule has 0 aromatic heterocycles. The molecular weight excluding hydrogens is 1080 g/mol. The molecule has 0 unspecified atom stereocenters. The molecule has 0 fully saturated rings. The fraction of sp³-hybridized carbons (Fsp3) is 0. The van der Waals surface area contributed by atoms with Gasteiger partial charge in [-0.2, -0.15) is 0 Å². The van der Waals surface area contributed by atoms with E-state index >= 15 is 0 Å². The van der Waals surface area contributed by atoms with Crippen LogP contribution in [0.3, 0.4) is 0 Å². The van der Waals surface area contributed by atoms with E-state index in [4.69, 9.17) is 0 Å². The van der Waals surface area contributed by atoms with Crippen LogP contribution in [-0.4, -0.2) is 0 Å². The lowest BCUT2D eigenvalue weighted by atomic mass is 9.78. The second-order valence-corrected chi connectivity index (χ2v) is 27.6. The third-order valence-electron chi connectivity index (χ3n) is 24.7. The molecule has 0 heteroatoms. The third kappa shape index (κ3) is 3.97. The molecule has 0 heterocycles. The molecule has 0 saturated carbocycles. The number of hydrogen-bond acceptors (Lipinski definition) is 0. The maximum absolute atomic E-state index is 2.47. The zero-order valence-electron chi connectivity index (χ0n) is 47.8. The van der Waals surface area contributed by atoms with Gasteiger partial charge in [0.2, 0.25) is 0 Å². The smallest absolute Gasteiger partial charge is 0.00139 e. The van der Waals surface area contributed by atoms with E-state index in [9.17, 15) is 0 Å². The van der Waals surface area contributed by atoms with Crippen LogP contribution in [0, 0.1) is 0 Å². The van der Waals surface area contributed by atoms with Crippen LogP contribution in [0.15, 0.2) is 218 Å². The SMILES string of the molecule is c1cc2c3ccc4c5ccc6c7ccc8c9ccc%10c%11ccc%12c%13ccc%14c%15ccc%16c%17ccc%18c1c1c%19ccc(c%20ccc(c%21ccc(c%22ccc(c%23ccc(c%24ccc(c%25ccc(c%26ccc(c%27ccc%19c%18c%17%27)c%16c%15%26)c%14c%13%25)c%12c%11%24)c%10c9%23)c8c7%22)c6c5%21)c4c3%20)c21. The summed E-state index contributed by atoms with van der Waals surface area (Å²) in [6.45, 7) is 0. The number of rotatable bonds is 0. The molecule has 0 N–H and O–H groups in total. The zero-order chi connectivity index (χ0) is 56.6. The van der Waals surface area contributed by atoms with E-state index in [2.05, 4.69) is 218 Å². The lowest BCUT2D eigenvalue weighted by molar-refractivity contribution is 1.82. The first-order chi connectivity index (χ1) is 44.7. The Hall–Kier alpha value is -11.7. The van der Waals surface area contributed by atoms with Crippen molar-refractivity contribution in [1.82, 2.24) is 0 Å². The maximum Gasteiger partial charge on any atom is -0.00139 e. The number of benzene rings is 27. The Morgan fingerprint density at radius 1 is 0.0556 bits per heavy atom. The van der Waals surface area contributed by atoms with Crippen LogP contribution in [-0.2, 0) is 0 Å². The van der Waals surface area contributed by atoms with Crippen LogP contribution in [0.4, 0.5) is 0 Å². The number of hydrogen-bond donors (Lipinski definition) is 0. The minimum absolute atomic E-state index is 1.34. The summed E-state index contributed by atoms with van der Waals surface area (Å²) in [5.74, 6) is 0. The van der Waals surface area contributed by atoms with E-state index in [1.165, 1.54) is 291 Å². The Bertz CT molecular complexity index is 5820. The van der Waals surface area contributed by atoms with Crippen LogP contribution in [0.5, 0.6) is 0 Å². The minimum atomic E-state index is 1.34. The minimum Gasteiger partial charge on any atom is -0.0531 e. The van der Waals surface area contributed by atoms with Gasteiger partial charge in [0.1, 0.15) is 0 Å². The molecule has 0 bridgehead atoms. The molecule has 27 aromatic carbocycles. The lowest BCUT2D eigenvalue weighted by Crippen LogP contribution is -1.96. The van der Waals surface area contributed by atoms with Crippen LogP contribution in [0.25, 0.3) is 291 Å². The topological polar surface area (TPSA) is 0 Å². The largest absolute Gasteiger partial charge is 0.0531 e. The Balaban J connectivity index is 0.857. The molecule has 0 spiro atoms. The molecule has 0 nitrogen and oxygen atoms in total. The molecule has 0 atom stereocenters. The Kier molecular flexibility index (Phi) is 6.08. The van der Waals surface area contributed by atoms with Gasteiger partial charge in [0.15, 0.2) is 0 Å². The van der Waals surface area contributed by atoms with Crippen LogP contribution < -0.4 is 0 Å². The van der Waals surface area contributed by atoms with E-state index in [0.29, 0.717) is 0 Å². The van der Waals surface area contributed by atoms with Gasteiger partial charge in [-0.3, -0.25) is 0 Å². The first-order valence-electron chi connectivity index (χ1n) is 32.1. The van der Waals surface area contributed by atoms with Crippen molar-refractivity contribution in [1.29, 1.82) is 0 Å². The summed E-state index contributed by atoms with van der Waals surface area (Å²) in [5, 5.41) is 73.0. The summed E-state index contributed by atoms with van der Waals surface area (Å²) in [6.07, 6.45) is 0. The molecule has 27 aromatic rings. The maximum atomic E-state index is 2.47. The number of fused-ring (bicyclic) bond motifs is 18. The highest BCUT2D eigenvalue weighted by atomic mass is 14.3. The standard InChI is InChI=1S/C90H36/c1-2-38-40-5-7-47-51-17-19-55-59-25-27-63-67-33-35-71-69-31-29-65-61-23-21-57-53-15-13-48-44-4-3-39-37(1)73-41-6-8-43(74(38)73)45-11-12-50(78(47)76(40)45)52-18-20-56(82(55)80(51)52)60-26-28-64(86(63)84(59)60)68-34-36-72(90(71)88(67)68)70-32-30-66(87(65)89(69)70)62-24-22-58(83(57)85(61)62)54-16-14-49(79(48)81(53)54)46-10-9-42(41)75(39)77(44)46/h1-36H. The van der Waals surface area contributed by atoms with Crippen LogP contribution >= 0.6 is 0 Å². The first-order valence-corrected chi connectivity index (χ1v) is 32.1. The van der Waals surface area contributed by atoms with Gasteiger partial charge in [-0.1, -0.05) is 218 Å². The van der Waals surface area contributed by atoms with Crippen molar-refractivity contribution in [2.45, 2.75) is 0 Å². The van der Waals surface area contributed by atoms with Gasteiger partial charge in [-0.05, 0) is 291 Å². The zero-order valence-corrected chi connectivity index (χ0v) is 47.8. The Morgan fingerprint density at radius 2 is 0.0889 bits per heavy atom. The molecular formula is C90H36. The summed E-state index contributed by atoms with van der Waals surface area (Å²) in [7, 11) is 0. The summed E-state index contributed by atoms with van der Waals surface area (Å²) >= 11 is 0. The van der Waals surface area contributed by atoms with Gasteiger partial charge < -0.3 is 0 Å². The predicted octanol–water partition coefficient (Wildman–Crippen LogP) is 26.1. The molecule has 90 heavy (non-hydrogen) atoms. The van der Waals surface area contributed by atoms with Gasteiger partial charge in [0, 0.05) is 0 Å². The van der Waals surface area contributed by atoms with Gasteiger partial charge >= 0.3 is 0 Å². The fourth-order valence-electron chi connectivity index (χ4n) is 21.5. The molecule has 0 saturated heterocycles. The second-order valence-electron chi connectivity index (χ2n) is 27.6. The van der Waals surface area contributed by atoms with E-state index in [1.807, 2.05) is 0 Å². The highest BCUT2D eigenvalue weighted by Gasteiger charge is 2.30. The average Bonchev–Trinajstić information content (AvgIpc) is 0.694. The molecule has 0 radical (unpaired) electrons. The summed E-state index contributed by atoms with van der Waals surface area (Å²) in [4.78, 5) is 0. The van der Waals surface area contributed by atoms with Crippen molar-refractivity contribution in [3.63, 3.8) is 0 Å². The highest BCUT2D eigenvalue weighted by Crippen LogP contribution is 2.58.